The maximum absolute atomic E-state index is 11.0. The normalized spacial score (nSPS) is 17.3. The van der Waals surface area contributed by atoms with E-state index in [4.69, 9.17) is 14.6 Å². The molecule has 0 aromatic heterocycles. The molecule has 1 aliphatic rings. The van der Waals surface area contributed by atoms with Crippen LogP contribution in [-0.2, 0) is 24.0 Å². The van der Waals surface area contributed by atoms with Gasteiger partial charge in [0.15, 0.2) is 11.5 Å². The number of halogens is 1. The van der Waals surface area contributed by atoms with E-state index < -0.39 is 16.1 Å². The van der Waals surface area contributed by atoms with Crippen molar-refractivity contribution in [2.45, 2.75) is 32.5 Å². The lowest BCUT2D eigenvalue weighted by atomic mass is 10.1. The van der Waals surface area contributed by atoms with E-state index in [1.54, 1.807) is 0 Å². The van der Waals surface area contributed by atoms with Gasteiger partial charge in [0.25, 0.3) is 5.79 Å². The number of nitrogens with two attached hydrogens (primary N) is 1. The molecule has 0 unspecified atom stereocenters. The molecular formula is C14H18INO5S. The van der Waals surface area contributed by atoms with Gasteiger partial charge >= 0.3 is 10.3 Å². The Kier molecular flexibility index (Phi) is 5.36. The van der Waals surface area contributed by atoms with Gasteiger partial charge in [-0.05, 0) is 28.7 Å². The molecule has 0 amide bonds. The first-order valence-electron chi connectivity index (χ1n) is 6.83. The molecule has 22 heavy (non-hydrogen) atoms. The van der Waals surface area contributed by atoms with Crippen LogP contribution in [0.3, 0.4) is 0 Å². The Balaban J connectivity index is 2.39. The molecule has 8 heteroatoms. The summed E-state index contributed by atoms with van der Waals surface area (Å²) in [7, 11) is -4.05. The molecule has 0 spiro atoms. The zero-order chi connectivity index (χ0) is 16.4. The summed E-state index contributed by atoms with van der Waals surface area (Å²) in [5, 5.41) is 4.89. The molecular weight excluding hydrogens is 421 g/mol. The van der Waals surface area contributed by atoms with Gasteiger partial charge in [0.1, 0.15) is 6.61 Å². The largest absolute Gasteiger partial charge is 0.450 e. The molecule has 0 atom stereocenters. The minimum Gasteiger partial charge on any atom is -0.450 e. The minimum atomic E-state index is -4.05. The van der Waals surface area contributed by atoms with Gasteiger partial charge in [-0.15, -0.1) is 0 Å². The Morgan fingerprint density at radius 3 is 2.41 bits per heavy atom. The summed E-state index contributed by atoms with van der Waals surface area (Å²) in [5.74, 6) is 0.0323. The third-order valence-electron chi connectivity index (χ3n) is 3.40. The number of rotatable bonds is 6. The van der Waals surface area contributed by atoms with Crippen LogP contribution in [-0.4, -0.2) is 20.8 Å². The highest BCUT2D eigenvalue weighted by molar-refractivity contribution is 14.1. The number of ether oxygens (including phenoxy) is 2. The first-order valence-corrected chi connectivity index (χ1v) is 9.38. The lowest BCUT2D eigenvalue weighted by molar-refractivity contribution is -0.148. The van der Waals surface area contributed by atoms with E-state index >= 15 is 0 Å². The second-order valence-electron chi connectivity index (χ2n) is 4.81. The predicted octanol–water partition coefficient (Wildman–Crippen LogP) is 2.74. The van der Waals surface area contributed by atoms with Gasteiger partial charge in [-0.1, -0.05) is 32.0 Å². The van der Waals surface area contributed by atoms with Crippen molar-refractivity contribution in [1.29, 1.82) is 0 Å². The van der Waals surface area contributed by atoms with Crippen molar-refractivity contribution >= 4 is 38.7 Å². The highest BCUT2D eigenvalue weighted by atomic mass is 127. The fraction of sp³-hybridized carbons (Fsp3) is 0.429. The second kappa shape index (κ2) is 6.73. The van der Waals surface area contributed by atoms with Crippen LogP contribution in [0.15, 0.2) is 30.0 Å². The zero-order valence-corrected chi connectivity index (χ0v) is 15.3. The summed E-state index contributed by atoms with van der Waals surface area (Å²) < 4.78 is 39.6. The summed E-state index contributed by atoms with van der Waals surface area (Å²) in [6, 6.07) is 7.61. The van der Waals surface area contributed by atoms with E-state index in [1.807, 2.05) is 38.1 Å². The zero-order valence-electron chi connectivity index (χ0n) is 12.3. The van der Waals surface area contributed by atoms with Gasteiger partial charge in [-0.2, -0.15) is 8.42 Å². The van der Waals surface area contributed by atoms with Crippen molar-refractivity contribution in [3.63, 3.8) is 0 Å². The highest BCUT2D eigenvalue weighted by Crippen LogP contribution is 2.41. The van der Waals surface area contributed by atoms with E-state index in [2.05, 4.69) is 26.8 Å². The molecule has 0 saturated carbocycles. The summed E-state index contributed by atoms with van der Waals surface area (Å²) in [6.07, 6.45) is 1.24. The van der Waals surface area contributed by atoms with E-state index in [1.165, 1.54) is 0 Å². The number of hydrogen-bond acceptors (Lipinski definition) is 5. The van der Waals surface area contributed by atoms with Gasteiger partial charge < -0.3 is 9.47 Å². The lowest BCUT2D eigenvalue weighted by Crippen LogP contribution is -2.29. The van der Waals surface area contributed by atoms with Gasteiger partial charge in [0.05, 0.1) is 0 Å². The van der Waals surface area contributed by atoms with Crippen LogP contribution in [0.25, 0.3) is 5.76 Å². The summed E-state index contributed by atoms with van der Waals surface area (Å²) in [5.41, 5.74) is 0.833. The molecule has 1 aromatic rings. The molecule has 1 aromatic carbocycles. The molecule has 2 N–H and O–H groups in total. The first kappa shape index (κ1) is 17.5. The summed E-state index contributed by atoms with van der Waals surface area (Å²) in [4.78, 5) is 0. The minimum absolute atomic E-state index is 0.291. The fourth-order valence-electron chi connectivity index (χ4n) is 2.15. The molecule has 1 aliphatic heterocycles. The quantitative estimate of drug-likeness (QED) is 0.689. The average Bonchev–Trinajstić information content (AvgIpc) is 2.85. The fourth-order valence-corrected chi connectivity index (χ4v) is 3.06. The third kappa shape index (κ3) is 3.92. The van der Waals surface area contributed by atoms with E-state index in [0.717, 1.165) is 9.13 Å². The maximum Gasteiger partial charge on any atom is 0.333 e. The highest BCUT2D eigenvalue weighted by Gasteiger charge is 2.41. The van der Waals surface area contributed by atoms with E-state index in [-0.39, 0.29) is 6.61 Å². The molecule has 0 saturated heterocycles. The van der Waals surface area contributed by atoms with Crippen LogP contribution in [0.2, 0.25) is 0 Å². The van der Waals surface area contributed by atoms with Crippen LogP contribution in [0, 0.1) is 3.57 Å². The molecule has 0 aliphatic carbocycles. The molecule has 0 bridgehead atoms. The van der Waals surface area contributed by atoms with Crippen LogP contribution in [0.5, 0.6) is 0 Å². The Morgan fingerprint density at radius 2 is 1.86 bits per heavy atom. The number of benzene rings is 1. The molecule has 2 rings (SSSR count). The maximum atomic E-state index is 11.0. The number of hydrogen-bond donors (Lipinski definition) is 1. The second-order valence-corrected chi connectivity index (χ2v) is 7.19. The smallest absolute Gasteiger partial charge is 0.333 e. The van der Waals surface area contributed by atoms with Crippen LogP contribution in [0.4, 0.5) is 0 Å². The van der Waals surface area contributed by atoms with Crippen molar-refractivity contribution in [2.75, 3.05) is 6.61 Å². The molecule has 0 radical (unpaired) electrons. The molecule has 122 valence electrons. The third-order valence-corrected chi connectivity index (χ3v) is 4.79. The van der Waals surface area contributed by atoms with E-state index in [0.29, 0.717) is 24.4 Å². The SMILES string of the molecule is CCC1(CC)OC(COS(N)(=O)=O)=C(c2ccccc2I)O1. The van der Waals surface area contributed by atoms with Gasteiger partial charge in [0, 0.05) is 22.0 Å². The van der Waals surface area contributed by atoms with Crippen molar-refractivity contribution in [1.82, 2.24) is 0 Å². The van der Waals surface area contributed by atoms with Crippen LogP contribution in [0.1, 0.15) is 32.3 Å². The molecule has 0 fully saturated rings. The molecule has 1 heterocycles. The van der Waals surface area contributed by atoms with E-state index in [9.17, 15) is 8.42 Å². The van der Waals surface area contributed by atoms with Crippen LogP contribution >= 0.6 is 22.6 Å². The van der Waals surface area contributed by atoms with Crippen LogP contribution < -0.4 is 5.14 Å². The lowest BCUT2D eigenvalue weighted by Gasteiger charge is -2.26. The Labute approximate surface area is 144 Å². The van der Waals surface area contributed by atoms with Crippen molar-refractivity contribution in [3.05, 3.63) is 39.2 Å². The molecule has 6 nitrogen and oxygen atoms in total. The Morgan fingerprint density at radius 1 is 1.23 bits per heavy atom. The first-order chi connectivity index (χ1) is 10.3. The van der Waals surface area contributed by atoms with Gasteiger partial charge in [-0.3, -0.25) is 0 Å². The monoisotopic (exact) mass is 439 g/mol. The summed E-state index contributed by atoms with van der Waals surface area (Å²) >= 11 is 2.19. The average molecular weight is 439 g/mol. The predicted molar refractivity (Wildman–Crippen MR) is 90.6 cm³/mol. The van der Waals surface area contributed by atoms with Crippen molar-refractivity contribution < 1.29 is 22.1 Å². The Bertz CT molecular complexity index is 682. The van der Waals surface area contributed by atoms with Crippen molar-refractivity contribution in [3.8, 4) is 0 Å². The topological polar surface area (TPSA) is 87.9 Å². The Hall–Kier alpha value is -0.840. The summed E-state index contributed by atoms with van der Waals surface area (Å²) in [6.45, 7) is 3.60. The standard InChI is InChI=1S/C14H18INO5S/c1-3-14(4-2)20-12(9-19-22(16,17)18)13(21-14)10-7-5-6-8-11(10)15/h5-8H,3-4,9H2,1-2H3,(H2,16,17,18). The van der Waals surface area contributed by atoms with Gasteiger partial charge in [0.2, 0.25) is 0 Å². The van der Waals surface area contributed by atoms with Gasteiger partial charge in [-0.25, -0.2) is 9.32 Å². The van der Waals surface area contributed by atoms with Crippen molar-refractivity contribution in [2.24, 2.45) is 5.14 Å².